The molecule has 0 aliphatic carbocycles. The fourth-order valence-electron chi connectivity index (χ4n) is 2.50. The minimum Gasteiger partial charge on any atom is -0.493 e. The first kappa shape index (κ1) is 16.4. The van der Waals surface area contributed by atoms with Gasteiger partial charge in [0.05, 0.1) is 17.6 Å². The maximum atomic E-state index is 12.2. The molecule has 3 rings (SSSR count). The molecule has 0 bridgehead atoms. The van der Waals surface area contributed by atoms with Crippen molar-refractivity contribution in [3.05, 3.63) is 80.3 Å². The summed E-state index contributed by atoms with van der Waals surface area (Å²) in [5.41, 5.74) is 1.29. The first-order valence-electron chi connectivity index (χ1n) is 7.57. The Morgan fingerprint density at radius 3 is 2.72 bits per heavy atom. The smallest absolute Gasteiger partial charge is 0.335 e. The van der Waals surface area contributed by atoms with Gasteiger partial charge in [-0.1, -0.05) is 17.7 Å². The Morgan fingerprint density at radius 2 is 2.04 bits per heavy atom. The summed E-state index contributed by atoms with van der Waals surface area (Å²) >= 11 is 0. The number of nitrogens with one attached hydrogen (secondary N) is 1. The Hall–Kier alpha value is -3.48. The highest BCUT2D eigenvalue weighted by atomic mass is 16.3. The second-order valence-electron chi connectivity index (χ2n) is 5.59. The van der Waals surface area contributed by atoms with Gasteiger partial charge in [0.2, 0.25) is 5.88 Å². The van der Waals surface area contributed by atoms with Gasteiger partial charge in [-0.2, -0.15) is 0 Å². The van der Waals surface area contributed by atoms with Crippen molar-refractivity contribution < 1.29 is 5.11 Å². The monoisotopic (exact) mass is 336 g/mol. The van der Waals surface area contributed by atoms with Crippen LogP contribution in [0.15, 0.2) is 57.3 Å². The van der Waals surface area contributed by atoms with Crippen LogP contribution in [0, 0.1) is 13.8 Å². The molecule has 2 heterocycles. The second-order valence-corrected chi connectivity index (χ2v) is 5.59. The lowest BCUT2D eigenvalue weighted by atomic mass is 10.1. The van der Waals surface area contributed by atoms with E-state index in [1.807, 2.05) is 26.0 Å². The fourth-order valence-corrected chi connectivity index (χ4v) is 2.50. The normalized spacial score (nSPS) is 11.1. The van der Waals surface area contributed by atoms with Crippen molar-refractivity contribution in [3.8, 4) is 11.6 Å². The van der Waals surface area contributed by atoms with Gasteiger partial charge >= 0.3 is 5.69 Å². The number of hydrogen-bond donors (Lipinski definition) is 2. The standard InChI is InChI=1S/C18H16N4O3/c1-11-5-6-15(12(2)8-11)22-17(24)14(16(23)21-18(22)25)10-20-13-4-3-7-19-9-13/h3-10,24H,1-2H3,(H,21,23,25). The van der Waals surface area contributed by atoms with Crippen LogP contribution in [0.4, 0.5) is 5.69 Å². The number of aromatic hydroxyl groups is 1. The summed E-state index contributed by atoms with van der Waals surface area (Å²) in [5.74, 6) is -0.464. The number of benzene rings is 1. The quantitative estimate of drug-likeness (QED) is 0.714. The van der Waals surface area contributed by atoms with Gasteiger partial charge in [-0.15, -0.1) is 0 Å². The largest absolute Gasteiger partial charge is 0.493 e. The van der Waals surface area contributed by atoms with E-state index in [2.05, 4.69) is 15.0 Å². The molecule has 0 radical (unpaired) electrons. The molecular weight excluding hydrogens is 320 g/mol. The number of aliphatic imine (C=N–C) groups is 1. The predicted molar refractivity (Wildman–Crippen MR) is 95.3 cm³/mol. The van der Waals surface area contributed by atoms with Gasteiger partial charge in [0.1, 0.15) is 5.56 Å². The molecule has 0 atom stereocenters. The summed E-state index contributed by atoms with van der Waals surface area (Å²) in [5, 5.41) is 10.5. The van der Waals surface area contributed by atoms with Crippen LogP contribution in [0.25, 0.3) is 5.69 Å². The van der Waals surface area contributed by atoms with Crippen LogP contribution in [-0.2, 0) is 0 Å². The van der Waals surface area contributed by atoms with E-state index in [0.717, 1.165) is 15.7 Å². The molecule has 2 N–H and O–H groups in total. The van der Waals surface area contributed by atoms with Gasteiger partial charge in [0.25, 0.3) is 5.56 Å². The van der Waals surface area contributed by atoms with Crippen molar-refractivity contribution in [3.63, 3.8) is 0 Å². The van der Waals surface area contributed by atoms with Gasteiger partial charge < -0.3 is 5.11 Å². The van der Waals surface area contributed by atoms with Crippen LogP contribution in [-0.4, -0.2) is 25.9 Å². The maximum Gasteiger partial charge on any atom is 0.335 e. The van der Waals surface area contributed by atoms with Crippen LogP contribution in [0.2, 0.25) is 0 Å². The zero-order chi connectivity index (χ0) is 18.0. The molecule has 126 valence electrons. The number of pyridine rings is 1. The van der Waals surface area contributed by atoms with Crippen molar-refractivity contribution in [1.29, 1.82) is 0 Å². The van der Waals surface area contributed by atoms with Gasteiger partial charge in [0, 0.05) is 12.4 Å². The maximum absolute atomic E-state index is 12.2. The van der Waals surface area contributed by atoms with Crippen molar-refractivity contribution in [2.45, 2.75) is 13.8 Å². The highest BCUT2D eigenvalue weighted by molar-refractivity contribution is 5.84. The van der Waals surface area contributed by atoms with Crippen LogP contribution >= 0.6 is 0 Å². The van der Waals surface area contributed by atoms with E-state index in [4.69, 9.17) is 0 Å². The average molecular weight is 336 g/mol. The van der Waals surface area contributed by atoms with Gasteiger partial charge in [-0.3, -0.25) is 19.8 Å². The van der Waals surface area contributed by atoms with Gasteiger partial charge in [0.15, 0.2) is 0 Å². The van der Waals surface area contributed by atoms with Crippen molar-refractivity contribution in [1.82, 2.24) is 14.5 Å². The number of nitrogens with zero attached hydrogens (tertiary/aromatic N) is 3. The third-order valence-electron chi connectivity index (χ3n) is 3.70. The predicted octanol–water partition coefficient (Wildman–Crippen LogP) is 1.99. The summed E-state index contributed by atoms with van der Waals surface area (Å²) < 4.78 is 1.06. The second kappa shape index (κ2) is 6.56. The van der Waals surface area contributed by atoms with E-state index >= 15 is 0 Å². The first-order chi connectivity index (χ1) is 12.0. The molecule has 0 saturated heterocycles. The number of hydrogen-bond acceptors (Lipinski definition) is 5. The molecule has 2 aromatic heterocycles. The number of rotatable bonds is 3. The Balaban J connectivity index is 2.17. The highest BCUT2D eigenvalue weighted by Crippen LogP contribution is 2.20. The Morgan fingerprint density at radius 1 is 1.24 bits per heavy atom. The summed E-state index contributed by atoms with van der Waals surface area (Å²) in [6.07, 6.45) is 4.33. The zero-order valence-corrected chi connectivity index (χ0v) is 13.7. The third-order valence-corrected chi connectivity index (χ3v) is 3.70. The van der Waals surface area contributed by atoms with Crippen molar-refractivity contribution >= 4 is 11.9 Å². The number of H-pyrrole nitrogens is 1. The number of aromatic amines is 1. The highest BCUT2D eigenvalue weighted by Gasteiger charge is 2.15. The Kier molecular flexibility index (Phi) is 4.30. The molecule has 0 aliphatic rings. The molecular formula is C18H16N4O3. The molecule has 0 spiro atoms. The molecule has 1 aromatic carbocycles. The first-order valence-corrected chi connectivity index (χ1v) is 7.57. The van der Waals surface area contributed by atoms with E-state index in [1.54, 1.807) is 24.4 Å². The Bertz CT molecular complexity index is 1070. The average Bonchev–Trinajstić information content (AvgIpc) is 2.57. The zero-order valence-electron chi connectivity index (χ0n) is 13.7. The lowest BCUT2D eigenvalue weighted by Gasteiger charge is -2.12. The minimum atomic E-state index is -0.715. The molecule has 0 aliphatic heterocycles. The van der Waals surface area contributed by atoms with Crippen molar-refractivity contribution in [2.75, 3.05) is 0 Å². The fraction of sp³-hybridized carbons (Fsp3) is 0.111. The molecule has 7 heteroatoms. The van der Waals surface area contributed by atoms with Crippen LogP contribution in [0.1, 0.15) is 16.7 Å². The minimum absolute atomic E-state index is 0.108. The SMILES string of the molecule is Cc1ccc(-n2c(O)c(C=Nc3cccnc3)c(=O)[nH]c2=O)c(C)c1. The third kappa shape index (κ3) is 3.25. The topological polar surface area (TPSA) is 100 Å². The molecule has 0 unspecified atom stereocenters. The van der Waals surface area contributed by atoms with Crippen LogP contribution < -0.4 is 11.2 Å². The van der Waals surface area contributed by atoms with E-state index in [1.165, 1.54) is 12.4 Å². The number of aromatic nitrogens is 3. The van der Waals surface area contributed by atoms with Crippen LogP contribution in [0.3, 0.4) is 0 Å². The van der Waals surface area contributed by atoms with E-state index < -0.39 is 17.1 Å². The molecule has 0 amide bonds. The molecule has 25 heavy (non-hydrogen) atoms. The van der Waals surface area contributed by atoms with Crippen molar-refractivity contribution in [2.24, 2.45) is 4.99 Å². The number of aryl methyl sites for hydroxylation is 2. The summed E-state index contributed by atoms with van der Waals surface area (Å²) in [6.45, 7) is 3.75. The van der Waals surface area contributed by atoms with E-state index in [9.17, 15) is 14.7 Å². The summed E-state index contributed by atoms with van der Waals surface area (Å²) in [4.78, 5) is 34.5. The summed E-state index contributed by atoms with van der Waals surface area (Å²) in [6, 6.07) is 8.83. The lowest BCUT2D eigenvalue weighted by molar-refractivity contribution is 0.430. The van der Waals surface area contributed by atoms with Crippen LogP contribution in [0.5, 0.6) is 5.88 Å². The van der Waals surface area contributed by atoms with Gasteiger partial charge in [-0.25, -0.2) is 9.36 Å². The van der Waals surface area contributed by atoms with Gasteiger partial charge in [-0.05, 0) is 37.6 Å². The molecule has 3 aromatic rings. The molecule has 0 saturated carbocycles. The molecule has 7 nitrogen and oxygen atoms in total. The lowest BCUT2D eigenvalue weighted by Crippen LogP contribution is -2.31. The Labute approximate surface area is 143 Å². The molecule has 0 fully saturated rings. The van der Waals surface area contributed by atoms with E-state index in [0.29, 0.717) is 11.4 Å². The summed E-state index contributed by atoms with van der Waals surface area (Å²) in [7, 11) is 0. The van der Waals surface area contributed by atoms with E-state index in [-0.39, 0.29) is 5.56 Å².